The minimum Gasteiger partial charge on any atom is -0.391 e. The van der Waals surface area contributed by atoms with Crippen LogP contribution in [0, 0.1) is 0 Å². The molecule has 1 aromatic rings. The number of carbonyl (C=O) groups excluding carboxylic acids is 1. The number of carbonyl (C=O) groups is 1. The van der Waals surface area contributed by atoms with Gasteiger partial charge in [-0.05, 0) is 18.9 Å². The van der Waals surface area contributed by atoms with Crippen LogP contribution in [-0.2, 0) is 11.8 Å². The van der Waals surface area contributed by atoms with E-state index in [-0.39, 0.29) is 12.2 Å². The zero-order chi connectivity index (χ0) is 19.8. The zero-order valence-electron chi connectivity index (χ0n) is 15.3. The van der Waals surface area contributed by atoms with Gasteiger partial charge in [0.05, 0.1) is 17.4 Å². The van der Waals surface area contributed by atoms with Crippen LogP contribution < -0.4 is 10.7 Å². The largest absolute Gasteiger partial charge is 0.391 e. The van der Waals surface area contributed by atoms with E-state index >= 15 is 0 Å². The molecule has 1 amide bonds. The Balaban J connectivity index is 1.58. The van der Waals surface area contributed by atoms with Crippen molar-refractivity contribution in [3.8, 4) is 0 Å². The quantitative estimate of drug-likeness (QED) is 0.700. The number of nitrogens with one attached hydrogen (secondary N) is 2. The lowest BCUT2D eigenvalue weighted by atomic mass is 10.1. The van der Waals surface area contributed by atoms with E-state index in [4.69, 9.17) is 0 Å². The van der Waals surface area contributed by atoms with Crippen LogP contribution in [0.15, 0.2) is 34.9 Å². The molecule has 1 fully saturated rings. The van der Waals surface area contributed by atoms with Crippen molar-refractivity contribution in [3.05, 3.63) is 35.6 Å². The number of anilines is 1. The SMILES string of the molecule is Cn1cc(NC(=O)C2=C3N=C(N4CCC[C@@H](O)C4)C=CN3NC2)c(C(F)F)n1. The van der Waals surface area contributed by atoms with Gasteiger partial charge in [0, 0.05) is 39.1 Å². The predicted octanol–water partition coefficient (Wildman–Crippen LogP) is 0.710. The number of nitrogens with zero attached hydrogens (tertiary/aromatic N) is 5. The van der Waals surface area contributed by atoms with E-state index < -0.39 is 24.1 Å². The smallest absolute Gasteiger partial charge is 0.284 e. The lowest BCUT2D eigenvalue weighted by molar-refractivity contribution is -0.112. The van der Waals surface area contributed by atoms with Crippen LogP contribution in [0.4, 0.5) is 14.5 Å². The molecular weight excluding hydrogens is 372 g/mol. The van der Waals surface area contributed by atoms with Crippen LogP contribution in [0.5, 0.6) is 0 Å². The van der Waals surface area contributed by atoms with Crippen molar-refractivity contribution in [1.82, 2.24) is 25.1 Å². The van der Waals surface area contributed by atoms with Crippen LogP contribution in [0.2, 0.25) is 0 Å². The number of β-amino-alcohol motifs (C(OH)–C–C–N with tert-alkyl or cyclic N) is 1. The van der Waals surface area contributed by atoms with E-state index in [9.17, 15) is 18.7 Å². The third kappa shape index (κ3) is 3.50. The summed E-state index contributed by atoms with van der Waals surface area (Å²) in [4.78, 5) is 19.3. The number of aryl methyl sites for hydroxylation is 1. The van der Waals surface area contributed by atoms with Crippen LogP contribution >= 0.6 is 0 Å². The molecule has 4 heterocycles. The number of piperidine rings is 1. The summed E-state index contributed by atoms with van der Waals surface area (Å²) < 4.78 is 27.5. The van der Waals surface area contributed by atoms with Gasteiger partial charge in [0.15, 0.2) is 11.5 Å². The average molecular weight is 393 g/mol. The van der Waals surface area contributed by atoms with E-state index in [0.29, 0.717) is 23.8 Å². The molecule has 150 valence electrons. The molecule has 9 nitrogen and oxygen atoms in total. The molecule has 3 aliphatic rings. The Bertz CT molecular complexity index is 877. The molecule has 0 aromatic carbocycles. The fraction of sp³-hybridized carbons (Fsp3) is 0.471. The highest BCUT2D eigenvalue weighted by molar-refractivity contribution is 6.06. The lowest BCUT2D eigenvalue weighted by Crippen LogP contribution is -2.43. The van der Waals surface area contributed by atoms with Gasteiger partial charge < -0.3 is 15.3 Å². The maximum absolute atomic E-state index is 13.1. The molecule has 11 heteroatoms. The fourth-order valence-electron chi connectivity index (χ4n) is 3.48. The third-order valence-electron chi connectivity index (χ3n) is 4.82. The molecule has 3 N–H and O–H groups in total. The number of alkyl halides is 2. The molecule has 0 unspecified atom stereocenters. The standard InChI is InChI=1S/C17H21F2N7O2/c1-24-9-12(14(23-24)15(18)19)21-17(28)11-7-20-26-6-4-13(22-16(11)26)25-5-2-3-10(27)8-25/h4,6,9-10,15,20,27H,2-3,5,7-8H2,1H3,(H,21,28)/t10-/m1/s1. The second kappa shape index (κ2) is 7.32. The van der Waals surface area contributed by atoms with Gasteiger partial charge in [0.25, 0.3) is 12.3 Å². The van der Waals surface area contributed by atoms with Gasteiger partial charge in [-0.25, -0.2) is 19.2 Å². The van der Waals surface area contributed by atoms with Gasteiger partial charge in [-0.15, -0.1) is 0 Å². The number of rotatable bonds is 3. The van der Waals surface area contributed by atoms with Crippen molar-refractivity contribution in [2.75, 3.05) is 25.0 Å². The monoisotopic (exact) mass is 393 g/mol. The first-order chi connectivity index (χ1) is 13.4. The summed E-state index contributed by atoms with van der Waals surface area (Å²) in [6, 6.07) is 0. The number of hydrogen-bond donors (Lipinski definition) is 3. The van der Waals surface area contributed by atoms with Crippen LogP contribution in [0.25, 0.3) is 0 Å². The number of aromatic nitrogens is 2. The first-order valence-corrected chi connectivity index (χ1v) is 9.01. The van der Waals surface area contributed by atoms with E-state index in [1.165, 1.54) is 17.9 Å². The summed E-state index contributed by atoms with van der Waals surface area (Å²) in [5.74, 6) is 0.558. The molecule has 4 rings (SSSR count). The topological polar surface area (TPSA) is 98.0 Å². The minimum absolute atomic E-state index is 0.0243. The predicted molar refractivity (Wildman–Crippen MR) is 97.1 cm³/mol. The van der Waals surface area contributed by atoms with Gasteiger partial charge in [0.2, 0.25) is 0 Å². The molecule has 0 spiro atoms. The molecule has 1 saturated heterocycles. The van der Waals surface area contributed by atoms with E-state index in [0.717, 1.165) is 19.4 Å². The summed E-state index contributed by atoms with van der Waals surface area (Å²) in [6.45, 7) is 1.48. The molecule has 1 atom stereocenters. The van der Waals surface area contributed by atoms with Gasteiger partial charge in [-0.3, -0.25) is 14.5 Å². The van der Waals surface area contributed by atoms with E-state index in [2.05, 4.69) is 20.8 Å². The van der Waals surface area contributed by atoms with Crippen molar-refractivity contribution in [2.24, 2.45) is 12.0 Å². The van der Waals surface area contributed by atoms with E-state index in [1.54, 1.807) is 11.2 Å². The Hall–Kier alpha value is -2.79. The minimum atomic E-state index is -2.79. The molecule has 0 aliphatic carbocycles. The zero-order valence-corrected chi connectivity index (χ0v) is 15.3. The number of amides is 1. The van der Waals surface area contributed by atoms with Gasteiger partial charge in [-0.2, -0.15) is 5.10 Å². The first-order valence-electron chi connectivity index (χ1n) is 9.01. The highest BCUT2D eigenvalue weighted by Crippen LogP contribution is 2.27. The Morgan fingerprint density at radius 2 is 2.29 bits per heavy atom. The summed E-state index contributed by atoms with van der Waals surface area (Å²) in [6.07, 6.45) is 3.34. The molecule has 0 radical (unpaired) electrons. The number of aliphatic hydroxyl groups is 1. The molecule has 28 heavy (non-hydrogen) atoms. The van der Waals surface area contributed by atoms with Crippen molar-refractivity contribution in [2.45, 2.75) is 25.4 Å². The molecule has 0 bridgehead atoms. The van der Waals surface area contributed by atoms with Gasteiger partial charge >= 0.3 is 0 Å². The number of fused-ring (bicyclic) bond motifs is 1. The number of aliphatic hydroxyl groups excluding tert-OH is 1. The number of amidine groups is 1. The third-order valence-corrected chi connectivity index (χ3v) is 4.82. The Morgan fingerprint density at radius 3 is 3.04 bits per heavy atom. The summed E-state index contributed by atoms with van der Waals surface area (Å²) in [5.41, 5.74) is 2.86. The summed E-state index contributed by atoms with van der Waals surface area (Å²) in [7, 11) is 1.51. The Morgan fingerprint density at radius 1 is 1.46 bits per heavy atom. The van der Waals surface area contributed by atoms with Gasteiger partial charge in [-0.1, -0.05) is 0 Å². The van der Waals surface area contributed by atoms with Crippen molar-refractivity contribution in [1.29, 1.82) is 0 Å². The summed E-state index contributed by atoms with van der Waals surface area (Å²) >= 11 is 0. The van der Waals surface area contributed by atoms with Crippen molar-refractivity contribution < 1.29 is 18.7 Å². The van der Waals surface area contributed by atoms with E-state index in [1.807, 2.05) is 11.0 Å². The van der Waals surface area contributed by atoms with Crippen LogP contribution in [0.3, 0.4) is 0 Å². The van der Waals surface area contributed by atoms with Gasteiger partial charge in [0.1, 0.15) is 5.84 Å². The van der Waals surface area contributed by atoms with Crippen molar-refractivity contribution >= 4 is 17.4 Å². The number of aliphatic imine (C=N–C) groups is 1. The second-order valence-electron chi connectivity index (χ2n) is 6.89. The highest BCUT2D eigenvalue weighted by Gasteiger charge is 2.31. The second-order valence-corrected chi connectivity index (χ2v) is 6.89. The Kier molecular flexibility index (Phi) is 4.85. The normalized spacial score (nSPS) is 22.0. The number of hydrazine groups is 1. The number of halogens is 2. The molecule has 1 aromatic heterocycles. The molecule has 3 aliphatic heterocycles. The first kappa shape index (κ1) is 18.6. The number of likely N-dealkylation sites (tertiary alicyclic amines) is 1. The van der Waals surface area contributed by atoms with Crippen LogP contribution in [0.1, 0.15) is 25.0 Å². The fourth-order valence-corrected chi connectivity index (χ4v) is 3.48. The summed E-state index contributed by atoms with van der Waals surface area (Å²) in [5, 5.41) is 17.7. The molecule has 0 saturated carbocycles. The average Bonchev–Trinajstić information content (AvgIpc) is 3.24. The molecular formula is C17H21F2N7O2. The maximum Gasteiger partial charge on any atom is 0.284 e. The van der Waals surface area contributed by atoms with Crippen LogP contribution in [-0.4, -0.2) is 62.3 Å². The lowest BCUT2D eigenvalue weighted by Gasteiger charge is -2.33. The van der Waals surface area contributed by atoms with Crippen molar-refractivity contribution in [3.63, 3.8) is 0 Å². The maximum atomic E-state index is 13.1. The number of hydrogen-bond acceptors (Lipinski definition) is 7. The Labute approximate surface area is 160 Å². The highest BCUT2D eigenvalue weighted by atomic mass is 19.3.